The number of anilines is 1. The fraction of sp³-hybridized carbons (Fsp3) is 0.0417. The molecule has 1 atom stereocenters. The third-order valence-corrected chi connectivity index (χ3v) is 5.51. The Morgan fingerprint density at radius 2 is 1.31 bits per heavy atom. The van der Waals surface area contributed by atoms with Crippen LogP contribution >= 0.6 is 0 Å². The van der Waals surface area contributed by atoms with Gasteiger partial charge in [-0.05, 0) is 47.5 Å². The van der Waals surface area contributed by atoms with E-state index in [9.17, 15) is 18.8 Å². The average molecular weight is 383 g/mol. The number of ketones is 1. The summed E-state index contributed by atoms with van der Waals surface area (Å²) in [6, 6.07) is 19.0. The summed E-state index contributed by atoms with van der Waals surface area (Å²) in [6.07, 6.45) is 2.96. The van der Waals surface area contributed by atoms with Crippen molar-refractivity contribution in [2.75, 3.05) is 4.90 Å². The standard InChI is InChI=1S/C24H14FNO3/c25-15-9-11-16(12-10-15)26-22(28)18-6-2-4-8-20(18)24(23(26)29)14-13-21(27)17-5-1-3-7-19(17)24/h1-14H. The lowest BCUT2D eigenvalue weighted by molar-refractivity contribution is -0.121. The summed E-state index contributed by atoms with van der Waals surface area (Å²) in [4.78, 5) is 40.6. The summed E-state index contributed by atoms with van der Waals surface area (Å²) in [7, 11) is 0. The second kappa shape index (κ2) is 6.07. The van der Waals surface area contributed by atoms with Crippen LogP contribution in [0.2, 0.25) is 0 Å². The molecular formula is C24H14FNO3. The minimum Gasteiger partial charge on any atom is -0.289 e. The highest BCUT2D eigenvalue weighted by molar-refractivity contribution is 6.30. The normalized spacial score (nSPS) is 20.0. The molecule has 3 aromatic carbocycles. The van der Waals surface area contributed by atoms with Crippen molar-refractivity contribution in [2.45, 2.75) is 5.41 Å². The summed E-state index contributed by atoms with van der Waals surface area (Å²) < 4.78 is 13.4. The molecule has 29 heavy (non-hydrogen) atoms. The molecule has 5 heteroatoms. The molecule has 0 fully saturated rings. The van der Waals surface area contributed by atoms with Gasteiger partial charge in [0.1, 0.15) is 11.2 Å². The largest absolute Gasteiger partial charge is 0.289 e. The fourth-order valence-corrected chi connectivity index (χ4v) is 4.19. The highest BCUT2D eigenvalue weighted by atomic mass is 19.1. The van der Waals surface area contributed by atoms with Gasteiger partial charge < -0.3 is 0 Å². The van der Waals surface area contributed by atoms with Crippen molar-refractivity contribution in [3.8, 4) is 0 Å². The van der Waals surface area contributed by atoms with Gasteiger partial charge in [-0.1, -0.05) is 48.5 Å². The van der Waals surface area contributed by atoms with Crippen LogP contribution in [0.1, 0.15) is 31.8 Å². The van der Waals surface area contributed by atoms with Gasteiger partial charge in [0.25, 0.3) is 11.8 Å². The predicted octanol–water partition coefficient (Wildman–Crippen LogP) is 4.05. The van der Waals surface area contributed by atoms with Crippen LogP contribution in [0.5, 0.6) is 0 Å². The summed E-state index contributed by atoms with van der Waals surface area (Å²) in [5, 5.41) is 0. The Kier molecular flexibility index (Phi) is 3.61. The molecule has 0 saturated heterocycles. The molecule has 0 bridgehead atoms. The number of hydrogen-bond acceptors (Lipinski definition) is 3. The Hall–Kier alpha value is -3.86. The Balaban J connectivity index is 1.84. The van der Waals surface area contributed by atoms with Crippen molar-refractivity contribution in [2.24, 2.45) is 0 Å². The maximum absolute atomic E-state index is 13.9. The van der Waals surface area contributed by atoms with E-state index in [0.717, 1.165) is 4.90 Å². The number of halogens is 1. The van der Waals surface area contributed by atoms with E-state index in [0.29, 0.717) is 22.3 Å². The summed E-state index contributed by atoms with van der Waals surface area (Å²) in [5.41, 5.74) is 0.813. The summed E-state index contributed by atoms with van der Waals surface area (Å²) in [5.74, 6) is -1.63. The van der Waals surface area contributed by atoms with E-state index >= 15 is 0 Å². The van der Waals surface area contributed by atoms with Crippen LogP contribution < -0.4 is 4.90 Å². The molecule has 1 heterocycles. The van der Waals surface area contributed by atoms with Gasteiger partial charge >= 0.3 is 0 Å². The van der Waals surface area contributed by atoms with Crippen molar-refractivity contribution in [1.82, 2.24) is 0 Å². The Morgan fingerprint density at radius 1 is 0.724 bits per heavy atom. The zero-order valence-corrected chi connectivity index (χ0v) is 15.1. The molecule has 0 aromatic heterocycles. The van der Waals surface area contributed by atoms with Crippen LogP contribution in [-0.2, 0) is 10.2 Å². The van der Waals surface area contributed by atoms with Crippen LogP contribution in [0.25, 0.3) is 0 Å². The minimum atomic E-state index is -1.32. The molecule has 0 radical (unpaired) electrons. The fourth-order valence-electron chi connectivity index (χ4n) is 4.19. The third kappa shape index (κ3) is 2.27. The van der Waals surface area contributed by atoms with E-state index in [1.165, 1.54) is 30.3 Å². The van der Waals surface area contributed by atoms with Crippen molar-refractivity contribution < 1.29 is 18.8 Å². The van der Waals surface area contributed by atoms with Crippen LogP contribution in [0.15, 0.2) is 84.9 Å². The minimum absolute atomic E-state index is 0.193. The van der Waals surface area contributed by atoms with E-state index in [4.69, 9.17) is 0 Å². The zero-order valence-electron chi connectivity index (χ0n) is 15.1. The van der Waals surface area contributed by atoms with Gasteiger partial charge in [-0.25, -0.2) is 9.29 Å². The number of benzene rings is 3. The van der Waals surface area contributed by atoms with Crippen LogP contribution in [0, 0.1) is 5.82 Å². The number of rotatable bonds is 1. The van der Waals surface area contributed by atoms with Crippen LogP contribution in [0.3, 0.4) is 0 Å². The number of hydrogen-bond donors (Lipinski definition) is 0. The lowest BCUT2D eigenvalue weighted by atomic mass is 9.65. The molecule has 4 nitrogen and oxygen atoms in total. The highest BCUT2D eigenvalue weighted by Gasteiger charge is 2.53. The predicted molar refractivity (Wildman–Crippen MR) is 105 cm³/mol. The van der Waals surface area contributed by atoms with Crippen molar-refractivity contribution >= 4 is 23.3 Å². The zero-order chi connectivity index (χ0) is 20.2. The number of nitrogens with zero attached hydrogens (tertiary/aromatic N) is 1. The number of amides is 2. The maximum atomic E-state index is 13.9. The molecule has 1 aliphatic heterocycles. The average Bonchev–Trinajstić information content (AvgIpc) is 2.75. The first-order chi connectivity index (χ1) is 14.0. The number of fused-ring (bicyclic) bond motifs is 4. The van der Waals surface area contributed by atoms with Gasteiger partial charge in [-0.3, -0.25) is 14.4 Å². The lowest BCUT2D eigenvalue weighted by Crippen LogP contribution is -2.55. The van der Waals surface area contributed by atoms with Gasteiger partial charge in [0.2, 0.25) is 0 Å². The summed E-state index contributed by atoms with van der Waals surface area (Å²) in [6.45, 7) is 0. The monoisotopic (exact) mass is 383 g/mol. The SMILES string of the molecule is O=C1C=CC2(C(=O)N(c3ccc(F)cc3)C(=O)c3ccccc32)c2ccccc21. The number of carbonyl (C=O) groups is 3. The molecular weight excluding hydrogens is 369 g/mol. The summed E-state index contributed by atoms with van der Waals surface area (Å²) >= 11 is 0. The second-order valence-corrected chi connectivity index (χ2v) is 7.02. The lowest BCUT2D eigenvalue weighted by Gasteiger charge is -2.42. The topological polar surface area (TPSA) is 54.5 Å². The van der Waals surface area contributed by atoms with Crippen LogP contribution in [-0.4, -0.2) is 17.6 Å². The van der Waals surface area contributed by atoms with E-state index in [-0.39, 0.29) is 11.5 Å². The van der Waals surface area contributed by atoms with E-state index in [2.05, 4.69) is 0 Å². The first-order valence-electron chi connectivity index (χ1n) is 9.11. The molecule has 3 aromatic rings. The molecule has 5 rings (SSSR count). The highest BCUT2D eigenvalue weighted by Crippen LogP contribution is 2.46. The van der Waals surface area contributed by atoms with Gasteiger partial charge in [0.15, 0.2) is 5.78 Å². The molecule has 1 aliphatic carbocycles. The van der Waals surface area contributed by atoms with E-state index < -0.39 is 23.0 Å². The molecule has 2 aliphatic rings. The van der Waals surface area contributed by atoms with Crippen molar-refractivity contribution in [3.05, 3.63) is 113 Å². The van der Waals surface area contributed by atoms with Gasteiger partial charge in [0, 0.05) is 11.1 Å². The quantitative estimate of drug-likeness (QED) is 0.596. The Morgan fingerprint density at radius 3 is 2.00 bits per heavy atom. The maximum Gasteiger partial charge on any atom is 0.265 e. The first-order valence-corrected chi connectivity index (χ1v) is 9.11. The molecule has 1 unspecified atom stereocenters. The Bertz CT molecular complexity index is 1230. The van der Waals surface area contributed by atoms with Crippen molar-refractivity contribution in [1.29, 1.82) is 0 Å². The second-order valence-electron chi connectivity index (χ2n) is 7.02. The molecule has 140 valence electrons. The van der Waals surface area contributed by atoms with E-state index in [1.807, 2.05) is 0 Å². The molecule has 0 N–H and O–H groups in total. The van der Waals surface area contributed by atoms with E-state index in [1.54, 1.807) is 54.6 Å². The number of carbonyl (C=O) groups excluding carboxylic acids is 3. The molecule has 2 amide bonds. The number of allylic oxidation sites excluding steroid dienone is 1. The molecule has 0 saturated carbocycles. The van der Waals surface area contributed by atoms with Crippen LogP contribution in [0.4, 0.5) is 10.1 Å². The number of imide groups is 1. The smallest absolute Gasteiger partial charge is 0.265 e. The molecule has 1 spiro atoms. The Labute approximate surface area is 165 Å². The van der Waals surface area contributed by atoms with Crippen molar-refractivity contribution in [3.63, 3.8) is 0 Å². The third-order valence-electron chi connectivity index (χ3n) is 5.51. The van der Waals surface area contributed by atoms with Gasteiger partial charge in [0.05, 0.1) is 5.69 Å². The first kappa shape index (κ1) is 17.3. The van der Waals surface area contributed by atoms with Gasteiger partial charge in [-0.15, -0.1) is 0 Å². The van der Waals surface area contributed by atoms with Gasteiger partial charge in [-0.2, -0.15) is 0 Å².